The number of hydrogen-bond acceptors (Lipinski definition) is 1. The van der Waals surface area contributed by atoms with Gasteiger partial charge in [0.2, 0.25) is 0 Å². The second-order valence-electron chi connectivity index (χ2n) is 3.33. The van der Waals surface area contributed by atoms with Crippen LogP contribution in [-0.4, -0.2) is 17.3 Å². The molecule has 82 valence electrons. The lowest BCUT2D eigenvalue weighted by molar-refractivity contribution is 0.0953. The molecule has 0 spiro atoms. The molecule has 0 heterocycles. The van der Waals surface area contributed by atoms with Crippen molar-refractivity contribution in [3.05, 3.63) is 34.3 Å². The normalized spacial score (nSPS) is 12.2. The third-order valence-electron chi connectivity index (χ3n) is 1.93. The van der Waals surface area contributed by atoms with E-state index >= 15 is 0 Å². The highest BCUT2D eigenvalue weighted by atomic mass is 79.9. The Morgan fingerprint density at radius 3 is 2.53 bits per heavy atom. The molecule has 0 radical (unpaired) electrons. The van der Waals surface area contributed by atoms with Crippen LogP contribution in [0.2, 0.25) is 0 Å². The molecule has 4 heteroatoms. The second kappa shape index (κ2) is 6.28. The minimum atomic E-state index is -0.0179. The van der Waals surface area contributed by atoms with Crippen LogP contribution in [0.25, 0.3) is 0 Å². The first-order valence-corrected chi connectivity index (χ1v) is 6.48. The van der Waals surface area contributed by atoms with Gasteiger partial charge in [-0.1, -0.05) is 38.8 Å². The van der Waals surface area contributed by atoms with Gasteiger partial charge in [0, 0.05) is 21.4 Å². The van der Waals surface area contributed by atoms with Gasteiger partial charge in [-0.3, -0.25) is 4.79 Å². The maximum absolute atomic E-state index is 11.6. The summed E-state index contributed by atoms with van der Waals surface area (Å²) in [5.41, 5.74) is 0.695. The summed E-state index contributed by atoms with van der Waals surface area (Å²) >= 11 is 6.76. The number of benzene rings is 1. The van der Waals surface area contributed by atoms with E-state index in [2.05, 4.69) is 44.1 Å². The Labute approximate surface area is 107 Å². The summed E-state index contributed by atoms with van der Waals surface area (Å²) < 4.78 is 0.980. The minimum absolute atomic E-state index is 0.0179. The fourth-order valence-electron chi connectivity index (χ4n) is 1.09. The molecule has 0 saturated carbocycles. The molecule has 0 aliphatic heterocycles. The average Bonchev–Trinajstić information content (AvgIpc) is 2.18. The summed E-state index contributed by atoms with van der Waals surface area (Å²) in [6.45, 7) is 2.76. The SMILES string of the molecule is CC(Br)CCNC(=O)c1ccc(Br)cc1. The molecular weight excluding hydrogens is 322 g/mol. The Morgan fingerprint density at radius 1 is 1.40 bits per heavy atom. The molecule has 0 aromatic heterocycles. The highest BCUT2D eigenvalue weighted by molar-refractivity contribution is 9.10. The predicted molar refractivity (Wildman–Crippen MR) is 69.5 cm³/mol. The van der Waals surface area contributed by atoms with Gasteiger partial charge < -0.3 is 5.32 Å². The molecule has 0 saturated heterocycles. The molecule has 0 aliphatic carbocycles. The van der Waals surface area contributed by atoms with Crippen molar-refractivity contribution in [1.29, 1.82) is 0 Å². The van der Waals surface area contributed by atoms with Gasteiger partial charge in [-0.2, -0.15) is 0 Å². The van der Waals surface area contributed by atoms with Crippen LogP contribution in [-0.2, 0) is 0 Å². The van der Waals surface area contributed by atoms with Crippen molar-refractivity contribution in [1.82, 2.24) is 5.32 Å². The van der Waals surface area contributed by atoms with Crippen LogP contribution in [0.4, 0.5) is 0 Å². The van der Waals surface area contributed by atoms with Gasteiger partial charge in [0.05, 0.1) is 0 Å². The molecule has 1 aromatic rings. The highest BCUT2D eigenvalue weighted by Gasteiger charge is 2.04. The molecule has 1 N–H and O–H groups in total. The first-order valence-electron chi connectivity index (χ1n) is 4.77. The largest absolute Gasteiger partial charge is 0.352 e. The molecule has 0 aliphatic rings. The first-order chi connectivity index (χ1) is 7.09. The average molecular weight is 335 g/mol. The van der Waals surface area contributed by atoms with Gasteiger partial charge in [0.25, 0.3) is 5.91 Å². The third-order valence-corrected chi connectivity index (χ3v) is 2.92. The zero-order valence-corrected chi connectivity index (χ0v) is 11.6. The van der Waals surface area contributed by atoms with Gasteiger partial charge in [-0.15, -0.1) is 0 Å². The van der Waals surface area contributed by atoms with Crippen LogP contribution < -0.4 is 5.32 Å². The van der Waals surface area contributed by atoms with Crippen LogP contribution in [0.15, 0.2) is 28.7 Å². The standard InChI is InChI=1S/C11H13Br2NO/c1-8(12)6-7-14-11(15)9-2-4-10(13)5-3-9/h2-5,8H,6-7H2,1H3,(H,14,15). The van der Waals surface area contributed by atoms with E-state index in [0.29, 0.717) is 16.9 Å². The maximum Gasteiger partial charge on any atom is 0.251 e. The highest BCUT2D eigenvalue weighted by Crippen LogP contribution is 2.10. The molecule has 1 amide bonds. The Morgan fingerprint density at radius 2 is 2.00 bits per heavy atom. The van der Waals surface area contributed by atoms with Crippen molar-refractivity contribution < 1.29 is 4.79 Å². The lowest BCUT2D eigenvalue weighted by Gasteiger charge is -2.06. The van der Waals surface area contributed by atoms with Gasteiger partial charge in [-0.05, 0) is 30.7 Å². The molecule has 0 fully saturated rings. The van der Waals surface area contributed by atoms with E-state index in [-0.39, 0.29) is 5.91 Å². The Balaban J connectivity index is 2.43. The number of nitrogens with one attached hydrogen (secondary N) is 1. The second-order valence-corrected chi connectivity index (χ2v) is 5.81. The zero-order chi connectivity index (χ0) is 11.3. The number of amides is 1. The molecule has 1 rings (SSSR count). The molecule has 1 unspecified atom stereocenters. The summed E-state index contributed by atoms with van der Waals surface area (Å²) in [6.07, 6.45) is 0.933. The number of alkyl halides is 1. The van der Waals surface area contributed by atoms with Crippen LogP contribution in [0.1, 0.15) is 23.7 Å². The molecule has 1 aromatic carbocycles. The number of carbonyl (C=O) groups excluding carboxylic acids is 1. The molecular formula is C11H13Br2NO. The number of carbonyl (C=O) groups is 1. The molecule has 0 bridgehead atoms. The number of halogens is 2. The van der Waals surface area contributed by atoms with Crippen molar-refractivity contribution in [2.45, 2.75) is 18.2 Å². The number of hydrogen-bond donors (Lipinski definition) is 1. The van der Waals surface area contributed by atoms with Crippen molar-refractivity contribution in [3.8, 4) is 0 Å². The van der Waals surface area contributed by atoms with E-state index in [1.807, 2.05) is 12.1 Å². The zero-order valence-electron chi connectivity index (χ0n) is 8.47. The fourth-order valence-corrected chi connectivity index (χ4v) is 1.58. The van der Waals surface area contributed by atoms with Crippen molar-refractivity contribution in [2.75, 3.05) is 6.54 Å². The van der Waals surface area contributed by atoms with Gasteiger partial charge in [0.1, 0.15) is 0 Å². The van der Waals surface area contributed by atoms with Crippen molar-refractivity contribution >= 4 is 37.8 Å². The molecule has 1 atom stereocenters. The van der Waals surface area contributed by atoms with E-state index in [0.717, 1.165) is 10.9 Å². The maximum atomic E-state index is 11.6. The summed E-state index contributed by atoms with van der Waals surface area (Å²) in [5, 5.41) is 2.87. The van der Waals surface area contributed by atoms with Crippen molar-refractivity contribution in [3.63, 3.8) is 0 Å². The van der Waals surface area contributed by atoms with E-state index in [4.69, 9.17) is 0 Å². The summed E-state index contributed by atoms with van der Waals surface area (Å²) in [6, 6.07) is 7.33. The lowest BCUT2D eigenvalue weighted by Crippen LogP contribution is -2.25. The van der Waals surface area contributed by atoms with E-state index in [1.54, 1.807) is 12.1 Å². The first kappa shape index (κ1) is 12.7. The lowest BCUT2D eigenvalue weighted by atomic mass is 10.2. The minimum Gasteiger partial charge on any atom is -0.352 e. The Hall–Kier alpha value is -0.350. The smallest absolute Gasteiger partial charge is 0.251 e. The summed E-state index contributed by atoms with van der Waals surface area (Å²) in [5.74, 6) is -0.0179. The monoisotopic (exact) mass is 333 g/mol. The van der Waals surface area contributed by atoms with Gasteiger partial charge in [-0.25, -0.2) is 0 Å². The predicted octanol–water partition coefficient (Wildman–Crippen LogP) is 3.35. The fraction of sp³-hybridized carbons (Fsp3) is 0.364. The van der Waals surface area contributed by atoms with Gasteiger partial charge >= 0.3 is 0 Å². The van der Waals surface area contributed by atoms with Crippen LogP contribution in [0, 0.1) is 0 Å². The third kappa shape index (κ3) is 4.80. The summed E-state index contributed by atoms with van der Waals surface area (Å²) in [4.78, 5) is 12.0. The van der Waals surface area contributed by atoms with E-state index in [9.17, 15) is 4.79 Å². The van der Waals surface area contributed by atoms with Crippen LogP contribution in [0.3, 0.4) is 0 Å². The number of rotatable bonds is 4. The quantitative estimate of drug-likeness (QED) is 0.840. The van der Waals surface area contributed by atoms with Crippen LogP contribution in [0.5, 0.6) is 0 Å². The van der Waals surface area contributed by atoms with E-state index in [1.165, 1.54) is 0 Å². The van der Waals surface area contributed by atoms with E-state index < -0.39 is 0 Å². The molecule has 2 nitrogen and oxygen atoms in total. The summed E-state index contributed by atoms with van der Waals surface area (Å²) in [7, 11) is 0. The topological polar surface area (TPSA) is 29.1 Å². The van der Waals surface area contributed by atoms with Gasteiger partial charge in [0.15, 0.2) is 0 Å². The Kier molecular flexibility index (Phi) is 5.32. The van der Waals surface area contributed by atoms with Crippen molar-refractivity contribution in [2.24, 2.45) is 0 Å². The van der Waals surface area contributed by atoms with Crippen LogP contribution >= 0.6 is 31.9 Å². The Bertz CT molecular complexity index is 322. The molecule has 15 heavy (non-hydrogen) atoms.